The molecule has 0 radical (unpaired) electrons. The van der Waals surface area contributed by atoms with Gasteiger partial charge in [0.2, 0.25) is 0 Å². The van der Waals surface area contributed by atoms with Gasteiger partial charge in [0, 0.05) is 38.4 Å². The van der Waals surface area contributed by atoms with Gasteiger partial charge in [-0.1, -0.05) is 26.0 Å². The molecule has 0 N–H and O–H groups in total. The van der Waals surface area contributed by atoms with Gasteiger partial charge in [-0.3, -0.25) is 14.5 Å². The number of nitrogens with zero attached hydrogens (tertiary/aromatic N) is 7. The lowest BCUT2D eigenvalue weighted by molar-refractivity contribution is -0.137. The van der Waals surface area contributed by atoms with Crippen LogP contribution in [-0.4, -0.2) is 49.6 Å². The third-order valence-corrected chi connectivity index (χ3v) is 7.91. The van der Waals surface area contributed by atoms with E-state index in [1.54, 1.807) is 31.3 Å². The maximum atomic E-state index is 13.9. The van der Waals surface area contributed by atoms with Crippen LogP contribution in [0, 0.1) is 17.1 Å². The summed E-state index contributed by atoms with van der Waals surface area (Å²) in [6.07, 6.45) is -2.39. The third-order valence-electron chi connectivity index (χ3n) is 7.91. The van der Waals surface area contributed by atoms with E-state index in [1.807, 2.05) is 24.8 Å². The number of anilines is 1. The van der Waals surface area contributed by atoms with Crippen molar-refractivity contribution in [3.8, 4) is 6.07 Å². The predicted octanol–water partition coefficient (Wildman–Crippen LogP) is 5.22. The SMILES string of the molecule is CCC1CN(c2nc(=O)n(C)c3ccc(C#N)nc23)[C@@H](CC)CN1C(c1ccc(F)cc1)c1ccc(C(F)(F)F)cn1. The molecule has 1 saturated heterocycles. The summed E-state index contributed by atoms with van der Waals surface area (Å²) < 4.78 is 55.3. The molecule has 0 saturated carbocycles. The van der Waals surface area contributed by atoms with E-state index in [4.69, 9.17) is 0 Å². The lowest BCUT2D eigenvalue weighted by atomic mass is 9.94. The molecule has 8 nitrogen and oxygen atoms in total. The number of nitriles is 1. The molecule has 3 aromatic heterocycles. The fourth-order valence-corrected chi connectivity index (χ4v) is 5.64. The zero-order chi connectivity index (χ0) is 30.2. The topological polar surface area (TPSA) is 90.9 Å². The number of aromatic nitrogens is 4. The number of benzene rings is 1. The quantitative estimate of drug-likeness (QED) is 0.289. The Balaban J connectivity index is 1.60. The molecule has 42 heavy (non-hydrogen) atoms. The van der Waals surface area contributed by atoms with Gasteiger partial charge in [-0.05, 0) is 54.8 Å². The standard InChI is InChI=1S/C30H29F4N7O/c1-4-22-17-41(28-26-25(39(3)29(42)38-28)13-11-21(14-35)37-26)23(5-2)16-40(22)27(18-6-9-20(31)10-7-18)24-12-8-19(15-36-24)30(32,33)34/h6-13,15,22-23,27H,4-5,16-17H2,1-3H3/t22?,23-,27?/m0/s1. The first-order valence-corrected chi connectivity index (χ1v) is 13.6. The number of pyridine rings is 2. The van der Waals surface area contributed by atoms with Crippen LogP contribution >= 0.6 is 0 Å². The van der Waals surface area contributed by atoms with Crippen molar-refractivity contribution in [3.63, 3.8) is 0 Å². The Kier molecular flexibility index (Phi) is 7.97. The molecule has 0 spiro atoms. The van der Waals surface area contributed by atoms with Gasteiger partial charge >= 0.3 is 11.9 Å². The number of piperazine rings is 1. The predicted molar refractivity (Wildman–Crippen MR) is 149 cm³/mol. The summed E-state index contributed by atoms with van der Waals surface area (Å²) in [7, 11) is 1.60. The second kappa shape index (κ2) is 11.5. The highest BCUT2D eigenvalue weighted by Crippen LogP contribution is 2.37. The molecule has 1 fully saturated rings. The summed E-state index contributed by atoms with van der Waals surface area (Å²) >= 11 is 0. The molecule has 5 rings (SSSR count). The summed E-state index contributed by atoms with van der Waals surface area (Å²) in [5, 5.41) is 9.48. The lowest BCUT2D eigenvalue weighted by Gasteiger charge is -2.49. The monoisotopic (exact) mass is 579 g/mol. The van der Waals surface area contributed by atoms with E-state index >= 15 is 0 Å². The van der Waals surface area contributed by atoms with Gasteiger partial charge in [-0.2, -0.15) is 23.4 Å². The number of aryl methyl sites for hydroxylation is 1. The van der Waals surface area contributed by atoms with Crippen LogP contribution in [0.5, 0.6) is 0 Å². The van der Waals surface area contributed by atoms with E-state index in [9.17, 15) is 27.6 Å². The first-order chi connectivity index (χ1) is 20.0. The van der Waals surface area contributed by atoms with E-state index in [-0.39, 0.29) is 17.8 Å². The first kappa shape index (κ1) is 29.1. The summed E-state index contributed by atoms with van der Waals surface area (Å²) in [5.74, 6) is -0.0323. The minimum atomic E-state index is -4.52. The van der Waals surface area contributed by atoms with Crippen LogP contribution in [0.25, 0.3) is 11.0 Å². The number of fused-ring (bicyclic) bond motifs is 1. The van der Waals surface area contributed by atoms with Crippen molar-refractivity contribution in [1.82, 2.24) is 24.4 Å². The number of halogens is 4. The van der Waals surface area contributed by atoms with Gasteiger partial charge in [-0.15, -0.1) is 0 Å². The second-order valence-corrected chi connectivity index (χ2v) is 10.3. The zero-order valence-electron chi connectivity index (χ0n) is 23.3. The Morgan fingerprint density at radius 3 is 2.31 bits per heavy atom. The lowest BCUT2D eigenvalue weighted by Crippen LogP contribution is -2.59. The van der Waals surface area contributed by atoms with Crippen LogP contribution in [0.1, 0.15) is 55.2 Å². The van der Waals surface area contributed by atoms with Crippen LogP contribution in [-0.2, 0) is 13.2 Å². The third kappa shape index (κ3) is 5.44. The molecule has 1 aliphatic heterocycles. The summed E-state index contributed by atoms with van der Waals surface area (Å²) in [6, 6.07) is 12.7. The van der Waals surface area contributed by atoms with Crippen LogP contribution < -0.4 is 10.6 Å². The minimum Gasteiger partial charge on any atom is -0.349 e. The van der Waals surface area contributed by atoms with Crippen molar-refractivity contribution in [2.75, 3.05) is 18.0 Å². The van der Waals surface area contributed by atoms with E-state index in [2.05, 4.69) is 19.9 Å². The Morgan fingerprint density at radius 1 is 1.00 bits per heavy atom. The Bertz CT molecular complexity index is 1680. The van der Waals surface area contributed by atoms with Gasteiger partial charge in [0.1, 0.15) is 23.1 Å². The van der Waals surface area contributed by atoms with Crippen LogP contribution in [0.2, 0.25) is 0 Å². The zero-order valence-corrected chi connectivity index (χ0v) is 23.3. The van der Waals surface area contributed by atoms with Crippen LogP contribution in [0.3, 0.4) is 0 Å². The smallest absolute Gasteiger partial charge is 0.349 e. The molecule has 2 unspecified atom stereocenters. The van der Waals surface area contributed by atoms with E-state index in [0.717, 1.165) is 12.3 Å². The molecule has 218 valence electrons. The first-order valence-electron chi connectivity index (χ1n) is 13.6. The Hall–Kier alpha value is -4.37. The van der Waals surface area contributed by atoms with Gasteiger partial charge in [0.25, 0.3) is 0 Å². The summed E-state index contributed by atoms with van der Waals surface area (Å²) in [4.78, 5) is 30.2. The normalized spacial score (nSPS) is 18.7. The molecule has 3 atom stereocenters. The van der Waals surface area contributed by atoms with Gasteiger partial charge < -0.3 is 4.90 Å². The average Bonchev–Trinajstić information content (AvgIpc) is 2.99. The molecular weight excluding hydrogens is 550 g/mol. The molecule has 0 amide bonds. The average molecular weight is 580 g/mol. The maximum Gasteiger partial charge on any atom is 0.417 e. The van der Waals surface area contributed by atoms with Crippen molar-refractivity contribution in [3.05, 3.63) is 93.5 Å². The molecule has 12 heteroatoms. The molecule has 0 aliphatic carbocycles. The molecule has 4 heterocycles. The maximum absolute atomic E-state index is 13.9. The van der Waals surface area contributed by atoms with Crippen LogP contribution in [0.15, 0.2) is 59.5 Å². The van der Waals surface area contributed by atoms with Crippen molar-refractivity contribution in [2.24, 2.45) is 7.05 Å². The van der Waals surface area contributed by atoms with Gasteiger partial charge in [0.05, 0.1) is 22.8 Å². The minimum absolute atomic E-state index is 0.146. The summed E-state index contributed by atoms with van der Waals surface area (Å²) in [6.45, 7) is 4.89. The molecule has 1 aromatic carbocycles. The number of alkyl halides is 3. The highest BCUT2D eigenvalue weighted by Gasteiger charge is 2.39. The van der Waals surface area contributed by atoms with E-state index in [0.29, 0.717) is 54.0 Å². The highest BCUT2D eigenvalue weighted by molar-refractivity contribution is 5.86. The molecule has 4 aromatic rings. The van der Waals surface area contributed by atoms with Crippen molar-refractivity contribution >= 4 is 16.9 Å². The van der Waals surface area contributed by atoms with E-state index in [1.165, 1.54) is 22.8 Å². The second-order valence-electron chi connectivity index (χ2n) is 10.3. The Morgan fingerprint density at radius 2 is 1.71 bits per heavy atom. The molecular formula is C30H29F4N7O. The fraction of sp³-hybridized carbons (Fsp3) is 0.367. The number of hydrogen-bond donors (Lipinski definition) is 0. The van der Waals surface area contributed by atoms with Crippen molar-refractivity contribution in [2.45, 2.75) is 51.0 Å². The molecule has 0 bridgehead atoms. The van der Waals surface area contributed by atoms with Gasteiger partial charge in [-0.25, -0.2) is 14.2 Å². The van der Waals surface area contributed by atoms with Gasteiger partial charge in [0.15, 0.2) is 5.82 Å². The highest BCUT2D eigenvalue weighted by atomic mass is 19.4. The van der Waals surface area contributed by atoms with Crippen molar-refractivity contribution < 1.29 is 17.6 Å². The van der Waals surface area contributed by atoms with Crippen molar-refractivity contribution in [1.29, 1.82) is 5.26 Å². The molecule has 1 aliphatic rings. The Labute approximate surface area is 239 Å². The number of hydrogen-bond acceptors (Lipinski definition) is 7. The number of rotatable bonds is 6. The fourth-order valence-electron chi connectivity index (χ4n) is 5.64. The van der Waals surface area contributed by atoms with E-state index < -0.39 is 29.3 Å². The largest absolute Gasteiger partial charge is 0.417 e. The van der Waals surface area contributed by atoms with Crippen LogP contribution in [0.4, 0.5) is 23.4 Å². The summed E-state index contributed by atoms with van der Waals surface area (Å²) in [5.41, 5.74) is 1.00.